The minimum absolute atomic E-state index is 0.0232. The van der Waals surface area contributed by atoms with E-state index >= 15 is 0 Å². The fraction of sp³-hybridized carbons (Fsp3) is 0.375. The van der Waals surface area contributed by atoms with Gasteiger partial charge in [0.1, 0.15) is 6.10 Å². The molecule has 1 rings (SSSR count). The van der Waals surface area contributed by atoms with Gasteiger partial charge in [-0.1, -0.05) is 0 Å². The van der Waals surface area contributed by atoms with Crippen molar-refractivity contribution in [1.82, 2.24) is 9.97 Å². The average Bonchev–Trinajstić information content (AvgIpc) is 2.27. The summed E-state index contributed by atoms with van der Waals surface area (Å²) in [6, 6.07) is 1.48. The highest BCUT2D eigenvalue weighted by Gasteiger charge is 2.20. The van der Waals surface area contributed by atoms with Crippen LogP contribution in [0.15, 0.2) is 6.20 Å². The lowest BCUT2D eigenvalue weighted by Gasteiger charge is -2.11. The van der Waals surface area contributed by atoms with Gasteiger partial charge in [-0.2, -0.15) is 5.26 Å². The summed E-state index contributed by atoms with van der Waals surface area (Å²) in [5, 5.41) is 26.9. The standard InChI is InChI=1S/C8H10N4O3/c1-15-8-7(10)11-3-4(12-8)6(14)5(13)2-9/h3,5-6,13-14H,1H3,(H2,10,11). The molecule has 7 heteroatoms. The van der Waals surface area contributed by atoms with Crippen molar-refractivity contribution in [2.24, 2.45) is 0 Å². The van der Waals surface area contributed by atoms with Crippen molar-refractivity contribution in [1.29, 1.82) is 5.26 Å². The Hall–Kier alpha value is -1.91. The number of aliphatic hydroxyl groups excluding tert-OH is 2. The van der Waals surface area contributed by atoms with Crippen molar-refractivity contribution in [3.8, 4) is 11.9 Å². The molecule has 0 bridgehead atoms. The van der Waals surface area contributed by atoms with Crippen molar-refractivity contribution in [2.75, 3.05) is 12.8 Å². The minimum atomic E-state index is -1.56. The number of anilines is 1. The zero-order chi connectivity index (χ0) is 11.4. The van der Waals surface area contributed by atoms with Gasteiger partial charge in [-0.05, 0) is 0 Å². The molecular weight excluding hydrogens is 200 g/mol. The normalized spacial score (nSPS) is 14.0. The highest BCUT2D eigenvalue weighted by molar-refractivity contribution is 5.40. The van der Waals surface area contributed by atoms with E-state index < -0.39 is 12.2 Å². The van der Waals surface area contributed by atoms with Gasteiger partial charge < -0.3 is 20.7 Å². The van der Waals surface area contributed by atoms with Crippen LogP contribution >= 0.6 is 0 Å². The fourth-order valence-corrected chi connectivity index (χ4v) is 0.919. The Morgan fingerprint density at radius 2 is 2.27 bits per heavy atom. The van der Waals surface area contributed by atoms with E-state index in [-0.39, 0.29) is 17.4 Å². The van der Waals surface area contributed by atoms with Gasteiger partial charge in [0.25, 0.3) is 5.88 Å². The maximum Gasteiger partial charge on any atom is 0.257 e. The second-order valence-electron chi connectivity index (χ2n) is 2.71. The Morgan fingerprint density at radius 3 is 2.80 bits per heavy atom. The van der Waals surface area contributed by atoms with Gasteiger partial charge in [-0.3, -0.25) is 0 Å². The molecule has 0 saturated carbocycles. The summed E-state index contributed by atoms with van der Waals surface area (Å²) in [6.07, 6.45) is -1.83. The molecule has 15 heavy (non-hydrogen) atoms. The van der Waals surface area contributed by atoms with Crippen molar-refractivity contribution >= 4 is 5.82 Å². The topological polar surface area (TPSA) is 125 Å². The molecule has 7 nitrogen and oxygen atoms in total. The van der Waals surface area contributed by atoms with E-state index in [0.29, 0.717) is 0 Å². The summed E-state index contributed by atoms with van der Waals surface area (Å²) in [7, 11) is 1.34. The van der Waals surface area contributed by atoms with Crippen LogP contribution in [0.25, 0.3) is 0 Å². The Labute approximate surface area is 85.8 Å². The van der Waals surface area contributed by atoms with Gasteiger partial charge in [-0.25, -0.2) is 9.97 Å². The van der Waals surface area contributed by atoms with E-state index in [0.717, 1.165) is 0 Å². The zero-order valence-electron chi connectivity index (χ0n) is 7.95. The van der Waals surface area contributed by atoms with Crippen LogP contribution in [0.4, 0.5) is 5.82 Å². The van der Waals surface area contributed by atoms with Gasteiger partial charge in [0, 0.05) is 0 Å². The maximum atomic E-state index is 9.43. The lowest BCUT2D eigenvalue weighted by atomic mass is 10.1. The molecule has 0 aliphatic carbocycles. The third-order valence-electron chi connectivity index (χ3n) is 1.71. The molecule has 1 heterocycles. The number of ether oxygens (including phenoxy) is 1. The molecule has 0 amide bonds. The van der Waals surface area contributed by atoms with Crippen molar-refractivity contribution in [3.05, 3.63) is 11.9 Å². The number of hydrogen-bond acceptors (Lipinski definition) is 7. The number of nitrogen functional groups attached to an aromatic ring is 1. The summed E-state index contributed by atoms with van der Waals surface area (Å²) in [4.78, 5) is 7.49. The van der Waals surface area contributed by atoms with Crippen LogP contribution in [0.3, 0.4) is 0 Å². The Morgan fingerprint density at radius 1 is 1.60 bits per heavy atom. The largest absolute Gasteiger partial charge is 0.478 e. The summed E-state index contributed by atoms with van der Waals surface area (Å²) < 4.78 is 4.77. The van der Waals surface area contributed by atoms with Gasteiger partial charge in [0.2, 0.25) is 0 Å². The number of nitrogens with two attached hydrogens (primary N) is 1. The van der Waals surface area contributed by atoms with E-state index in [1.165, 1.54) is 19.4 Å². The zero-order valence-corrected chi connectivity index (χ0v) is 7.95. The Kier molecular flexibility index (Phi) is 3.38. The first kappa shape index (κ1) is 11.2. The molecule has 4 N–H and O–H groups in total. The quantitative estimate of drug-likeness (QED) is 0.545. The number of aliphatic hydroxyl groups is 2. The van der Waals surface area contributed by atoms with E-state index in [1.54, 1.807) is 0 Å². The van der Waals surface area contributed by atoms with Crippen LogP contribution in [0.1, 0.15) is 11.8 Å². The van der Waals surface area contributed by atoms with E-state index in [2.05, 4.69) is 9.97 Å². The smallest absolute Gasteiger partial charge is 0.257 e. The lowest BCUT2D eigenvalue weighted by molar-refractivity contribution is 0.0492. The number of aromatic nitrogens is 2. The maximum absolute atomic E-state index is 9.43. The third-order valence-corrected chi connectivity index (χ3v) is 1.71. The molecule has 0 aromatic carbocycles. The third kappa shape index (κ3) is 2.31. The first-order valence-electron chi connectivity index (χ1n) is 4.02. The summed E-state index contributed by atoms with van der Waals surface area (Å²) in [5.74, 6) is 0.108. The molecule has 0 aliphatic rings. The summed E-state index contributed by atoms with van der Waals surface area (Å²) in [6.45, 7) is 0. The van der Waals surface area contributed by atoms with Crippen LogP contribution in [0.5, 0.6) is 5.88 Å². The molecule has 0 saturated heterocycles. The van der Waals surface area contributed by atoms with E-state index in [1.807, 2.05) is 0 Å². The summed E-state index contributed by atoms with van der Waals surface area (Å²) >= 11 is 0. The fourth-order valence-electron chi connectivity index (χ4n) is 0.919. The number of hydrogen-bond donors (Lipinski definition) is 3. The first-order chi connectivity index (χ1) is 7.10. The van der Waals surface area contributed by atoms with Crippen LogP contribution < -0.4 is 10.5 Å². The second-order valence-corrected chi connectivity index (χ2v) is 2.71. The molecule has 0 radical (unpaired) electrons. The molecule has 0 fully saturated rings. The number of nitriles is 1. The Bertz CT molecular complexity index is 390. The molecule has 1 aromatic heterocycles. The van der Waals surface area contributed by atoms with Crippen molar-refractivity contribution < 1.29 is 14.9 Å². The lowest BCUT2D eigenvalue weighted by Crippen LogP contribution is -2.18. The number of nitrogens with zero attached hydrogens (tertiary/aromatic N) is 3. The average molecular weight is 210 g/mol. The predicted octanol–water partition coefficient (Wildman–Crippen LogP) is -1.01. The molecule has 0 aliphatic heterocycles. The number of methoxy groups -OCH3 is 1. The second kappa shape index (κ2) is 4.54. The Balaban J connectivity index is 3.01. The van der Waals surface area contributed by atoms with Crippen molar-refractivity contribution in [3.63, 3.8) is 0 Å². The van der Waals surface area contributed by atoms with E-state index in [9.17, 15) is 5.11 Å². The highest BCUT2D eigenvalue weighted by atomic mass is 16.5. The molecule has 2 atom stereocenters. The highest BCUT2D eigenvalue weighted by Crippen LogP contribution is 2.20. The monoisotopic (exact) mass is 210 g/mol. The number of rotatable bonds is 3. The van der Waals surface area contributed by atoms with Gasteiger partial charge in [0.15, 0.2) is 11.9 Å². The molecular formula is C8H10N4O3. The summed E-state index contributed by atoms with van der Waals surface area (Å²) in [5.41, 5.74) is 5.42. The van der Waals surface area contributed by atoms with Crippen LogP contribution in [-0.4, -0.2) is 33.4 Å². The van der Waals surface area contributed by atoms with Crippen LogP contribution in [0, 0.1) is 11.3 Å². The van der Waals surface area contributed by atoms with E-state index in [4.69, 9.17) is 20.8 Å². The SMILES string of the molecule is COc1nc(C(O)C(O)C#N)cnc1N. The predicted molar refractivity (Wildman–Crippen MR) is 49.6 cm³/mol. The van der Waals surface area contributed by atoms with Gasteiger partial charge >= 0.3 is 0 Å². The van der Waals surface area contributed by atoms with Gasteiger partial charge in [0.05, 0.1) is 25.1 Å². The molecule has 1 aromatic rings. The van der Waals surface area contributed by atoms with Gasteiger partial charge in [-0.15, -0.1) is 0 Å². The van der Waals surface area contributed by atoms with Crippen LogP contribution in [0.2, 0.25) is 0 Å². The van der Waals surface area contributed by atoms with Crippen molar-refractivity contribution in [2.45, 2.75) is 12.2 Å². The first-order valence-corrected chi connectivity index (χ1v) is 4.02. The van der Waals surface area contributed by atoms with Crippen LogP contribution in [-0.2, 0) is 0 Å². The minimum Gasteiger partial charge on any atom is -0.478 e. The molecule has 2 unspecified atom stereocenters. The molecule has 0 spiro atoms. The molecule has 80 valence electrons.